The van der Waals surface area contributed by atoms with Crippen molar-refractivity contribution < 1.29 is 24.2 Å². The minimum Gasteiger partial charge on any atom is -0.490 e. The van der Waals surface area contributed by atoms with Crippen molar-refractivity contribution in [3.63, 3.8) is 0 Å². The molecule has 0 unspecified atom stereocenters. The lowest BCUT2D eigenvalue weighted by molar-refractivity contribution is -0.139. The lowest BCUT2D eigenvalue weighted by Crippen LogP contribution is -2.30. The molecule has 1 aliphatic rings. The van der Waals surface area contributed by atoms with Gasteiger partial charge in [0.1, 0.15) is 0 Å². The molecule has 1 heterocycles. The third kappa shape index (κ3) is 6.55. The summed E-state index contributed by atoms with van der Waals surface area (Å²) in [6, 6.07) is 11.7. The Morgan fingerprint density at radius 3 is 2.64 bits per heavy atom. The van der Waals surface area contributed by atoms with Crippen LogP contribution in [0.4, 0.5) is 5.69 Å². The van der Waals surface area contributed by atoms with Crippen LogP contribution in [0.5, 0.6) is 11.5 Å². The van der Waals surface area contributed by atoms with Crippen molar-refractivity contribution in [3.05, 3.63) is 70.6 Å². The van der Waals surface area contributed by atoms with Gasteiger partial charge in [-0.3, -0.25) is 4.79 Å². The smallest absolute Gasteiger partial charge is 0.341 e. The van der Waals surface area contributed by atoms with E-state index >= 15 is 0 Å². The number of aryl methyl sites for hydroxylation is 1. The van der Waals surface area contributed by atoms with Gasteiger partial charge in [0, 0.05) is 11.3 Å². The zero-order chi connectivity index (χ0) is 23.8. The molecule has 8 heteroatoms. The number of carbonyl (C=O) groups is 2. The molecular weight excluding hydrogens is 440 g/mol. The Morgan fingerprint density at radius 2 is 2.00 bits per heavy atom. The number of nitrogens with one attached hydrogen (secondary N) is 2. The largest absolute Gasteiger partial charge is 0.490 e. The molecule has 2 aromatic carbocycles. The molecule has 0 spiro atoms. The van der Waals surface area contributed by atoms with E-state index in [9.17, 15) is 9.59 Å². The predicted molar refractivity (Wildman–Crippen MR) is 132 cm³/mol. The van der Waals surface area contributed by atoms with Gasteiger partial charge < -0.3 is 25.2 Å². The number of amides is 1. The van der Waals surface area contributed by atoms with Crippen LogP contribution in [-0.4, -0.2) is 35.7 Å². The van der Waals surface area contributed by atoms with Gasteiger partial charge in [0.05, 0.1) is 11.5 Å². The number of ether oxygens (including phenoxy) is 2. The van der Waals surface area contributed by atoms with E-state index < -0.39 is 12.6 Å². The van der Waals surface area contributed by atoms with Crippen molar-refractivity contribution in [1.82, 2.24) is 5.32 Å². The Balaban J connectivity index is 1.83. The van der Waals surface area contributed by atoms with Gasteiger partial charge in [0.15, 0.2) is 23.6 Å². The number of aliphatic carboxylic acids is 1. The van der Waals surface area contributed by atoms with Crippen molar-refractivity contribution in [3.8, 4) is 11.5 Å². The highest BCUT2D eigenvalue weighted by atomic mass is 32.2. The number of hydrogen-bond donors (Lipinski definition) is 3. The normalized spacial score (nSPS) is 16.4. The lowest BCUT2D eigenvalue weighted by Gasteiger charge is -2.16. The van der Waals surface area contributed by atoms with Gasteiger partial charge in [0.2, 0.25) is 0 Å². The van der Waals surface area contributed by atoms with E-state index in [1.807, 2.05) is 25.1 Å². The Morgan fingerprint density at radius 1 is 1.24 bits per heavy atom. The van der Waals surface area contributed by atoms with Crippen LogP contribution in [0.15, 0.2) is 54.0 Å². The molecule has 0 aliphatic carbocycles. The molecular formula is C25H28N2O5S. The second kappa shape index (κ2) is 11.5. The number of hydrogen-bond acceptors (Lipinski definition) is 6. The fourth-order valence-electron chi connectivity index (χ4n) is 3.34. The van der Waals surface area contributed by atoms with Crippen LogP contribution in [0.25, 0.3) is 6.08 Å². The zero-order valence-corrected chi connectivity index (χ0v) is 19.5. The molecule has 0 saturated carbocycles. The summed E-state index contributed by atoms with van der Waals surface area (Å²) in [5, 5.41) is 15.2. The van der Waals surface area contributed by atoms with Gasteiger partial charge in [0.25, 0.3) is 5.91 Å². The molecule has 33 heavy (non-hydrogen) atoms. The highest BCUT2D eigenvalue weighted by molar-refractivity contribution is 8.05. The Hall–Kier alpha value is -3.39. The lowest BCUT2D eigenvalue weighted by atomic mass is 10.0. The van der Waals surface area contributed by atoms with Crippen LogP contribution >= 0.6 is 11.8 Å². The molecule has 3 N–H and O–H groups in total. The maximum atomic E-state index is 12.6. The van der Waals surface area contributed by atoms with Crippen molar-refractivity contribution >= 4 is 35.4 Å². The second-order valence-electron chi connectivity index (χ2n) is 7.29. The van der Waals surface area contributed by atoms with E-state index in [4.69, 9.17) is 14.6 Å². The summed E-state index contributed by atoms with van der Waals surface area (Å²) in [6.07, 6.45) is 4.93. The van der Waals surface area contributed by atoms with Gasteiger partial charge in [-0.1, -0.05) is 36.9 Å². The van der Waals surface area contributed by atoms with Crippen LogP contribution < -0.4 is 20.1 Å². The van der Waals surface area contributed by atoms with Gasteiger partial charge in [-0.25, -0.2) is 4.79 Å². The summed E-state index contributed by atoms with van der Waals surface area (Å²) in [5.41, 5.74) is 3.38. The number of carboxylic acids is 1. The number of benzene rings is 2. The first-order chi connectivity index (χ1) is 15.9. The molecule has 0 radical (unpaired) electrons. The summed E-state index contributed by atoms with van der Waals surface area (Å²) in [4.78, 5) is 24.1. The Labute approximate surface area is 197 Å². The van der Waals surface area contributed by atoms with Crippen LogP contribution in [0.2, 0.25) is 0 Å². The average molecular weight is 469 g/mol. The summed E-state index contributed by atoms with van der Waals surface area (Å²) < 4.78 is 11.2. The summed E-state index contributed by atoms with van der Waals surface area (Å²) in [5.74, 6) is -0.439. The van der Waals surface area contributed by atoms with Crippen molar-refractivity contribution in [2.24, 2.45) is 0 Å². The highest BCUT2D eigenvalue weighted by Crippen LogP contribution is 2.36. The first-order valence-corrected chi connectivity index (χ1v) is 11.6. The van der Waals surface area contributed by atoms with Crippen molar-refractivity contribution in [1.29, 1.82) is 0 Å². The number of rotatable bonds is 11. The molecule has 1 aliphatic heterocycles. The van der Waals surface area contributed by atoms with E-state index in [-0.39, 0.29) is 11.4 Å². The summed E-state index contributed by atoms with van der Waals surface area (Å²) >= 11 is 1.39. The minimum atomic E-state index is -1.07. The van der Waals surface area contributed by atoms with E-state index in [1.54, 1.807) is 18.2 Å². The van der Waals surface area contributed by atoms with E-state index in [1.165, 1.54) is 17.3 Å². The molecule has 1 saturated heterocycles. The Kier molecular flexibility index (Phi) is 8.43. The van der Waals surface area contributed by atoms with E-state index in [0.29, 0.717) is 29.4 Å². The SMILES string of the molecule is C=CCc1cc(/C=C2\S[C@@H](Nc3ccc(CC)cc3)NC2=O)cc(OCC)c1OCC(=O)O. The standard InChI is InChI=1S/C25H28N2O5S/c1-4-7-18-12-17(13-20(31-6-3)23(18)32-15-22(28)29)14-21-24(30)27-25(33-21)26-19-10-8-16(5-2)9-11-19/h4,8-14,25-26H,1,5-7,15H2,2-3H3,(H,27,30)(H,28,29)/b21-14-/t25-/m0/s1. The van der Waals surface area contributed by atoms with Crippen LogP contribution in [0, 0.1) is 0 Å². The molecule has 2 aromatic rings. The first kappa shape index (κ1) is 24.3. The summed E-state index contributed by atoms with van der Waals surface area (Å²) in [6.45, 7) is 7.62. The van der Waals surface area contributed by atoms with Gasteiger partial charge >= 0.3 is 5.97 Å². The zero-order valence-electron chi connectivity index (χ0n) is 18.7. The van der Waals surface area contributed by atoms with Gasteiger partial charge in [-0.15, -0.1) is 6.58 Å². The molecule has 1 atom stereocenters. The summed E-state index contributed by atoms with van der Waals surface area (Å²) in [7, 11) is 0. The van der Waals surface area contributed by atoms with Gasteiger partial charge in [-0.05, 0) is 61.2 Å². The van der Waals surface area contributed by atoms with Crippen molar-refractivity contribution in [2.75, 3.05) is 18.5 Å². The topological polar surface area (TPSA) is 96.9 Å². The molecule has 7 nitrogen and oxygen atoms in total. The second-order valence-corrected chi connectivity index (χ2v) is 8.44. The number of carboxylic acid groups (broad SMARTS) is 1. The van der Waals surface area contributed by atoms with E-state index in [0.717, 1.165) is 23.2 Å². The molecule has 174 valence electrons. The number of anilines is 1. The Bertz CT molecular complexity index is 1050. The third-order valence-corrected chi connectivity index (χ3v) is 5.88. The average Bonchev–Trinajstić information content (AvgIpc) is 3.12. The minimum absolute atomic E-state index is 0.169. The van der Waals surface area contributed by atoms with Crippen molar-refractivity contribution in [2.45, 2.75) is 32.2 Å². The number of allylic oxidation sites excluding steroid dienone is 1. The number of thioether (sulfide) groups is 1. The fraction of sp³-hybridized carbons (Fsp3) is 0.280. The predicted octanol–water partition coefficient (Wildman–Crippen LogP) is 4.44. The quantitative estimate of drug-likeness (QED) is 0.331. The maximum Gasteiger partial charge on any atom is 0.341 e. The fourth-order valence-corrected chi connectivity index (χ4v) is 4.32. The van der Waals surface area contributed by atoms with E-state index in [2.05, 4.69) is 36.3 Å². The highest BCUT2D eigenvalue weighted by Gasteiger charge is 2.27. The molecule has 1 amide bonds. The molecule has 1 fully saturated rings. The van der Waals surface area contributed by atoms with Gasteiger partial charge in [-0.2, -0.15) is 0 Å². The first-order valence-electron chi connectivity index (χ1n) is 10.7. The molecule has 0 bridgehead atoms. The molecule has 0 aromatic heterocycles. The van der Waals surface area contributed by atoms with Crippen LogP contribution in [0.1, 0.15) is 30.5 Å². The third-order valence-electron chi connectivity index (χ3n) is 4.85. The van der Waals surface area contributed by atoms with Crippen LogP contribution in [0.3, 0.4) is 0 Å². The molecule has 3 rings (SSSR count). The monoisotopic (exact) mass is 468 g/mol. The maximum absolute atomic E-state index is 12.6. The van der Waals surface area contributed by atoms with Crippen LogP contribution in [-0.2, 0) is 22.4 Å². The number of carbonyl (C=O) groups excluding carboxylic acids is 1.